The average molecular weight is 192 g/mol. The number of nitrogens with one attached hydrogen (secondary N) is 1. The molecule has 0 fully saturated rings. The minimum Gasteiger partial charge on any atom is -0.423 e. The Kier molecular flexibility index (Phi) is 1.83. The maximum Gasteiger partial charge on any atom is 0.488 e. The van der Waals surface area contributed by atoms with Crippen molar-refractivity contribution in [3.05, 3.63) is 12.1 Å². The van der Waals surface area contributed by atoms with Gasteiger partial charge in [-0.15, -0.1) is 0 Å². The van der Waals surface area contributed by atoms with Gasteiger partial charge < -0.3 is 26.5 Å². The van der Waals surface area contributed by atoms with Crippen molar-refractivity contribution in [1.82, 2.24) is 9.97 Å². The summed E-state index contributed by atoms with van der Waals surface area (Å²) in [5.41, 5.74) is 12.9. The van der Waals surface area contributed by atoms with Gasteiger partial charge in [0, 0.05) is 0 Å². The number of hydrogen-bond donors (Lipinski definition) is 5. The fourth-order valence-electron chi connectivity index (χ4n) is 1.34. The molecule has 6 nitrogen and oxygen atoms in total. The Morgan fingerprint density at radius 2 is 2.00 bits per heavy atom. The lowest BCUT2D eigenvalue weighted by molar-refractivity contribution is 0.426. The number of anilines is 2. The molecule has 0 saturated heterocycles. The van der Waals surface area contributed by atoms with E-state index in [4.69, 9.17) is 21.5 Å². The largest absolute Gasteiger partial charge is 0.488 e. The Morgan fingerprint density at radius 1 is 1.29 bits per heavy atom. The molecule has 0 aliphatic rings. The monoisotopic (exact) mass is 192 g/mol. The fourth-order valence-corrected chi connectivity index (χ4v) is 1.34. The zero-order valence-electron chi connectivity index (χ0n) is 7.23. The van der Waals surface area contributed by atoms with Crippen LogP contribution in [0.4, 0.5) is 11.6 Å². The Morgan fingerprint density at radius 3 is 2.64 bits per heavy atom. The summed E-state index contributed by atoms with van der Waals surface area (Å²) in [6.45, 7) is 0. The van der Waals surface area contributed by atoms with Crippen LogP contribution < -0.4 is 16.9 Å². The van der Waals surface area contributed by atoms with E-state index in [1.807, 2.05) is 0 Å². The van der Waals surface area contributed by atoms with Crippen LogP contribution in [-0.2, 0) is 0 Å². The maximum absolute atomic E-state index is 8.95. The molecule has 2 rings (SSSR count). The highest BCUT2D eigenvalue weighted by atomic mass is 16.4. The summed E-state index contributed by atoms with van der Waals surface area (Å²) in [5, 5.41) is 17.9. The van der Waals surface area contributed by atoms with Crippen LogP contribution in [-0.4, -0.2) is 27.1 Å². The number of hydrogen-bond acceptors (Lipinski definition) is 5. The minimum atomic E-state index is -1.55. The molecule has 0 radical (unpaired) electrons. The zero-order valence-corrected chi connectivity index (χ0v) is 7.23. The van der Waals surface area contributed by atoms with Gasteiger partial charge in [-0.2, -0.15) is 0 Å². The molecule has 0 atom stereocenters. The third-order valence-electron chi connectivity index (χ3n) is 1.95. The van der Waals surface area contributed by atoms with Gasteiger partial charge in [0.2, 0.25) is 0 Å². The van der Waals surface area contributed by atoms with Crippen LogP contribution >= 0.6 is 0 Å². The molecule has 0 unspecified atom stereocenters. The average Bonchev–Trinajstić information content (AvgIpc) is 2.45. The van der Waals surface area contributed by atoms with Crippen LogP contribution in [0.1, 0.15) is 0 Å². The molecule has 0 saturated carbocycles. The molecular formula is C7H9BN4O2. The van der Waals surface area contributed by atoms with Crippen molar-refractivity contribution in [1.29, 1.82) is 0 Å². The number of aromatic amines is 1. The predicted octanol–water partition coefficient (Wildman–Crippen LogP) is -1.59. The molecule has 2 aromatic rings. The molecule has 0 aliphatic heterocycles. The predicted molar refractivity (Wildman–Crippen MR) is 54.7 cm³/mol. The molecule has 1 heterocycles. The molecule has 0 spiro atoms. The molecule has 7 N–H and O–H groups in total. The summed E-state index contributed by atoms with van der Waals surface area (Å²) < 4.78 is 0. The summed E-state index contributed by atoms with van der Waals surface area (Å²) >= 11 is 0. The first kappa shape index (κ1) is 8.85. The number of H-pyrrole nitrogens is 1. The summed E-state index contributed by atoms with van der Waals surface area (Å²) in [7, 11) is -1.55. The second-order valence-corrected chi connectivity index (χ2v) is 3.00. The van der Waals surface area contributed by atoms with Gasteiger partial charge in [-0.25, -0.2) is 4.98 Å². The number of fused-ring (bicyclic) bond motifs is 1. The SMILES string of the molecule is Nc1nc2c(N)cc(B(O)O)cc2[nH]1. The third-order valence-corrected chi connectivity index (χ3v) is 1.95. The summed E-state index contributed by atoms with van der Waals surface area (Å²) in [4.78, 5) is 6.71. The lowest BCUT2D eigenvalue weighted by atomic mass is 9.80. The van der Waals surface area contributed by atoms with Crippen LogP contribution in [0.25, 0.3) is 11.0 Å². The Hall–Kier alpha value is -1.73. The highest BCUT2D eigenvalue weighted by Gasteiger charge is 2.14. The van der Waals surface area contributed by atoms with Gasteiger partial charge >= 0.3 is 7.12 Å². The van der Waals surface area contributed by atoms with Crippen molar-refractivity contribution in [2.75, 3.05) is 11.5 Å². The molecular weight excluding hydrogens is 183 g/mol. The number of imidazole rings is 1. The maximum atomic E-state index is 8.95. The van der Waals surface area contributed by atoms with Gasteiger partial charge in [0.25, 0.3) is 0 Å². The number of nitrogens with zero attached hydrogens (tertiary/aromatic N) is 1. The van der Waals surface area contributed by atoms with E-state index in [2.05, 4.69) is 9.97 Å². The van der Waals surface area contributed by atoms with Gasteiger partial charge in [0.15, 0.2) is 5.95 Å². The topological polar surface area (TPSA) is 121 Å². The van der Waals surface area contributed by atoms with Crippen LogP contribution in [0, 0.1) is 0 Å². The quantitative estimate of drug-likeness (QED) is 0.275. The van der Waals surface area contributed by atoms with Gasteiger partial charge in [-0.1, -0.05) is 0 Å². The fraction of sp³-hybridized carbons (Fsp3) is 0. The Labute approximate surface area is 79.7 Å². The Balaban J connectivity index is 2.71. The molecule has 7 heteroatoms. The molecule has 0 amide bonds. The molecule has 1 aromatic carbocycles. The van der Waals surface area contributed by atoms with E-state index >= 15 is 0 Å². The van der Waals surface area contributed by atoms with Crippen molar-refractivity contribution in [3.8, 4) is 0 Å². The molecule has 0 aliphatic carbocycles. The van der Waals surface area contributed by atoms with Gasteiger partial charge in [0.05, 0.1) is 11.2 Å². The van der Waals surface area contributed by atoms with E-state index in [1.54, 1.807) is 6.07 Å². The molecule has 72 valence electrons. The van der Waals surface area contributed by atoms with Gasteiger partial charge in [-0.05, 0) is 17.6 Å². The number of benzene rings is 1. The van der Waals surface area contributed by atoms with Crippen molar-refractivity contribution >= 4 is 35.3 Å². The third kappa shape index (κ3) is 1.28. The van der Waals surface area contributed by atoms with Crippen molar-refractivity contribution in [3.63, 3.8) is 0 Å². The lowest BCUT2D eigenvalue weighted by Crippen LogP contribution is -2.29. The highest BCUT2D eigenvalue weighted by molar-refractivity contribution is 6.59. The van der Waals surface area contributed by atoms with Crippen LogP contribution in [0.3, 0.4) is 0 Å². The van der Waals surface area contributed by atoms with E-state index in [0.717, 1.165) is 0 Å². The van der Waals surface area contributed by atoms with E-state index in [0.29, 0.717) is 22.2 Å². The van der Waals surface area contributed by atoms with E-state index < -0.39 is 7.12 Å². The Bertz CT molecular complexity index is 482. The molecule has 0 bridgehead atoms. The van der Waals surface area contributed by atoms with Gasteiger partial charge in [-0.3, -0.25) is 0 Å². The molecule has 14 heavy (non-hydrogen) atoms. The normalized spacial score (nSPS) is 10.7. The van der Waals surface area contributed by atoms with E-state index in [9.17, 15) is 0 Å². The minimum absolute atomic E-state index is 0.247. The highest BCUT2D eigenvalue weighted by Crippen LogP contribution is 2.17. The number of rotatable bonds is 1. The number of aromatic nitrogens is 2. The number of nitrogen functional groups attached to an aromatic ring is 2. The van der Waals surface area contributed by atoms with Crippen LogP contribution in [0.5, 0.6) is 0 Å². The van der Waals surface area contributed by atoms with Crippen LogP contribution in [0.15, 0.2) is 12.1 Å². The van der Waals surface area contributed by atoms with Gasteiger partial charge in [0.1, 0.15) is 5.52 Å². The first-order valence-electron chi connectivity index (χ1n) is 3.98. The second-order valence-electron chi connectivity index (χ2n) is 3.00. The van der Waals surface area contributed by atoms with Crippen molar-refractivity contribution in [2.45, 2.75) is 0 Å². The second kappa shape index (κ2) is 2.90. The summed E-state index contributed by atoms with van der Waals surface area (Å²) in [5.74, 6) is 0.247. The standard InChI is InChI=1S/C7H9BN4O2/c9-4-1-3(8(13)14)2-5-6(4)12-7(10)11-5/h1-2,13-14H,9H2,(H3,10,11,12). The van der Waals surface area contributed by atoms with Crippen molar-refractivity contribution < 1.29 is 10.0 Å². The number of nitrogens with two attached hydrogens (primary N) is 2. The first-order chi connectivity index (χ1) is 6.58. The van der Waals surface area contributed by atoms with Crippen molar-refractivity contribution in [2.24, 2.45) is 0 Å². The summed E-state index contributed by atoms with van der Waals surface area (Å²) in [6.07, 6.45) is 0. The first-order valence-corrected chi connectivity index (χ1v) is 3.98. The van der Waals surface area contributed by atoms with Crippen LogP contribution in [0.2, 0.25) is 0 Å². The zero-order chi connectivity index (χ0) is 10.3. The lowest BCUT2D eigenvalue weighted by Gasteiger charge is -2.01. The van der Waals surface area contributed by atoms with E-state index in [-0.39, 0.29) is 5.95 Å². The molecule has 1 aromatic heterocycles. The summed E-state index contributed by atoms with van der Waals surface area (Å²) in [6, 6.07) is 2.99. The smallest absolute Gasteiger partial charge is 0.423 e. The van der Waals surface area contributed by atoms with E-state index in [1.165, 1.54) is 6.07 Å².